The van der Waals surface area contributed by atoms with Crippen LogP contribution in [-0.2, 0) is 28.6 Å². The Morgan fingerprint density at radius 3 is 2.50 bits per heavy atom. The smallest absolute Gasteiger partial charge is 0.434 e. The zero-order valence-corrected chi connectivity index (χ0v) is 21.3. The van der Waals surface area contributed by atoms with Gasteiger partial charge in [0.05, 0.1) is 13.2 Å². The number of aliphatic hydroxyl groups excluding tert-OH is 3. The van der Waals surface area contributed by atoms with Crippen molar-refractivity contribution in [1.82, 2.24) is 10.6 Å². The van der Waals surface area contributed by atoms with E-state index < -0.39 is 59.9 Å². The number of hydrogen-bond acceptors (Lipinski definition) is 10. The summed E-state index contributed by atoms with van der Waals surface area (Å²) in [5.74, 6) is -1.40. The molecule has 0 aliphatic carbocycles. The molecule has 12 nitrogen and oxygen atoms in total. The maximum Gasteiger partial charge on any atom is 0.508 e. The molecule has 0 aromatic carbocycles. The fourth-order valence-electron chi connectivity index (χ4n) is 3.38. The first-order chi connectivity index (χ1) is 16.9. The molecule has 0 saturated carbocycles. The third-order valence-corrected chi connectivity index (χ3v) is 5.69. The van der Waals surface area contributed by atoms with Crippen molar-refractivity contribution in [2.24, 2.45) is 5.41 Å². The lowest BCUT2D eigenvalue weighted by Crippen LogP contribution is -2.55. The molecule has 2 amide bonds. The lowest BCUT2D eigenvalue weighted by atomic mass is 9.93. The fraction of sp³-hybridized carbons (Fsp3) is 0.750. The zero-order chi connectivity index (χ0) is 27.3. The summed E-state index contributed by atoms with van der Waals surface area (Å²) in [4.78, 5) is 48.0. The molecule has 12 heteroatoms. The molecule has 0 radical (unpaired) electrons. The third-order valence-electron chi connectivity index (χ3n) is 5.69. The van der Waals surface area contributed by atoms with E-state index in [0.717, 1.165) is 32.4 Å². The van der Waals surface area contributed by atoms with Crippen molar-refractivity contribution in [1.29, 1.82) is 0 Å². The lowest BCUT2D eigenvalue weighted by molar-refractivity contribution is -0.150. The molecule has 0 aromatic heterocycles. The van der Waals surface area contributed by atoms with Gasteiger partial charge in [-0.25, -0.2) is 4.79 Å². The summed E-state index contributed by atoms with van der Waals surface area (Å²) in [5, 5.41) is 35.9. The molecule has 36 heavy (non-hydrogen) atoms. The van der Waals surface area contributed by atoms with Crippen LogP contribution in [0.3, 0.4) is 0 Å². The van der Waals surface area contributed by atoms with Crippen LogP contribution < -0.4 is 10.6 Å². The van der Waals surface area contributed by atoms with Crippen LogP contribution in [0.2, 0.25) is 0 Å². The van der Waals surface area contributed by atoms with Crippen LogP contribution in [0, 0.1) is 5.41 Å². The number of aliphatic hydroxyl groups is 3. The van der Waals surface area contributed by atoms with Gasteiger partial charge in [-0.2, -0.15) is 0 Å². The van der Waals surface area contributed by atoms with Gasteiger partial charge >= 0.3 is 6.16 Å². The Bertz CT molecular complexity index is 757. The van der Waals surface area contributed by atoms with Crippen LogP contribution in [0.1, 0.15) is 52.9 Å². The largest absolute Gasteiger partial charge is 0.508 e. The highest BCUT2D eigenvalue weighted by atomic mass is 16.7. The van der Waals surface area contributed by atoms with Gasteiger partial charge in [-0.15, -0.1) is 0 Å². The van der Waals surface area contributed by atoms with E-state index >= 15 is 0 Å². The van der Waals surface area contributed by atoms with Crippen LogP contribution in [-0.4, -0.2) is 96.4 Å². The Hall–Kier alpha value is -2.54. The molecule has 6 atom stereocenters. The Balaban J connectivity index is 2.67. The van der Waals surface area contributed by atoms with E-state index in [1.807, 2.05) is 6.92 Å². The van der Waals surface area contributed by atoms with E-state index in [9.17, 15) is 34.5 Å². The molecule has 1 aliphatic rings. The number of methoxy groups -OCH3 is 1. The average molecular weight is 517 g/mol. The Morgan fingerprint density at radius 1 is 1.19 bits per heavy atom. The van der Waals surface area contributed by atoms with Crippen molar-refractivity contribution in [3.63, 3.8) is 0 Å². The molecular formula is C24H40N2O10. The topological polar surface area (TPSA) is 181 Å². The van der Waals surface area contributed by atoms with Crippen molar-refractivity contribution in [3.8, 4) is 0 Å². The number of amides is 2. The summed E-state index contributed by atoms with van der Waals surface area (Å²) >= 11 is 0. The molecule has 1 saturated heterocycles. The number of ether oxygens (including phenoxy) is 3. The van der Waals surface area contributed by atoms with Crippen molar-refractivity contribution in [2.45, 2.75) is 89.4 Å². The van der Waals surface area contributed by atoms with Crippen LogP contribution in [0.25, 0.3) is 0 Å². The van der Waals surface area contributed by atoms with Crippen molar-refractivity contribution >= 4 is 24.3 Å². The minimum atomic E-state index is -1.85. The van der Waals surface area contributed by atoms with Crippen LogP contribution >= 0.6 is 0 Å². The summed E-state index contributed by atoms with van der Waals surface area (Å²) in [6, 6.07) is -1.01. The highest BCUT2D eigenvalue weighted by Crippen LogP contribution is 2.16. The van der Waals surface area contributed by atoms with Gasteiger partial charge < -0.3 is 45.0 Å². The van der Waals surface area contributed by atoms with Gasteiger partial charge in [-0.05, 0) is 33.1 Å². The molecule has 0 bridgehead atoms. The molecule has 0 aromatic rings. The second kappa shape index (κ2) is 15.5. The number of nitrogens with one attached hydrogen (secondary N) is 2. The monoisotopic (exact) mass is 516 g/mol. The van der Waals surface area contributed by atoms with E-state index in [1.54, 1.807) is 13.8 Å². The van der Waals surface area contributed by atoms with Gasteiger partial charge in [-0.3, -0.25) is 9.59 Å². The normalized spacial score (nSPS) is 22.0. The Morgan fingerprint density at radius 2 is 1.89 bits per heavy atom. The molecule has 1 fully saturated rings. The van der Waals surface area contributed by atoms with Gasteiger partial charge in [-0.1, -0.05) is 31.9 Å². The molecular weight excluding hydrogens is 476 g/mol. The number of carbonyl (C=O) groups excluding carboxylic acids is 4. The second-order valence-electron chi connectivity index (χ2n) is 9.36. The number of allylic oxidation sites excluding steroid dienone is 1. The minimum absolute atomic E-state index is 0.0416. The van der Waals surface area contributed by atoms with E-state index in [0.29, 0.717) is 6.29 Å². The first kappa shape index (κ1) is 31.5. The maximum absolute atomic E-state index is 12.7. The molecule has 5 N–H and O–H groups in total. The minimum Gasteiger partial charge on any atom is -0.434 e. The summed E-state index contributed by atoms with van der Waals surface area (Å²) in [5.41, 5.74) is -0.899. The molecule has 1 heterocycles. The zero-order valence-electron chi connectivity index (χ0n) is 21.3. The first-order valence-corrected chi connectivity index (χ1v) is 12.1. The van der Waals surface area contributed by atoms with Crippen LogP contribution in [0.5, 0.6) is 0 Å². The van der Waals surface area contributed by atoms with Crippen LogP contribution in [0.15, 0.2) is 12.2 Å². The predicted octanol–water partition coefficient (Wildman–Crippen LogP) is -0.0278. The van der Waals surface area contributed by atoms with E-state index in [-0.39, 0.29) is 26.0 Å². The molecule has 1 rings (SSSR count). The maximum atomic E-state index is 12.7. The average Bonchev–Trinajstić information content (AvgIpc) is 3.01. The van der Waals surface area contributed by atoms with Gasteiger partial charge in [0.2, 0.25) is 5.91 Å². The summed E-state index contributed by atoms with van der Waals surface area (Å²) in [6.07, 6.45) is -2.16. The summed E-state index contributed by atoms with van der Waals surface area (Å²) < 4.78 is 15.3. The number of rotatable bonds is 14. The van der Waals surface area contributed by atoms with E-state index in [2.05, 4.69) is 10.6 Å². The third kappa shape index (κ3) is 10.6. The fourth-order valence-corrected chi connectivity index (χ4v) is 3.38. The molecule has 6 unspecified atom stereocenters. The van der Waals surface area contributed by atoms with Crippen LogP contribution in [0.4, 0.5) is 4.79 Å². The van der Waals surface area contributed by atoms with E-state index in [4.69, 9.17) is 14.2 Å². The Kier molecular flexibility index (Phi) is 13.6. The molecule has 206 valence electrons. The standard InChI is InChI=1S/C24H40N2O10/c1-5-6-7-12-35-23(33)36-15-8-9-16(21(31)25-13-15)26-22(32)20(34-4)19(30)18(29)17(28)10-11-24(2,3)14-27/h10-11,14-20,28-30H,5-9,12-13H2,1-4H3,(H,25,31)(H,26,32). The Labute approximate surface area is 211 Å². The van der Waals surface area contributed by atoms with Gasteiger partial charge in [0, 0.05) is 12.5 Å². The van der Waals surface area contributed by atoms with Gasteiger partial charge in [0.1, 0.15) is 36.7 Å². The molecule has 1 aliphatic heterocycles. The first-order valence-electron chi connectivity index (χ1n) is 12.1. The number of carbonyl (C=O) groups is 4. The van der Waals surface area contributed by atoms with E-state index in [1.165, 1.54) is 6.08 Å². The summed E-state index contributed by atoms with van der Waals surface area (Å²) in [7, 11) is 1.13. The lowest BCUT2D eigenvalue weighted by Gasteiger charge is -2.28. The second-order valence-corrected chi connectivity index (χ2v) is 9.36. The summed E-state index contributed by atoms with van der Waals surface area (Å²) in [6.45, 7) is 5.48. The van der Waals surface area contributed by atoms with Gasteiger partial charge in [0.15, 0.2) is 6.10 Å². The predicted molar refractivity (Wildman–Crippen MR) is 128 cm³/mol. The van der Waals surface area contributed by atoms with Crippen molar-refractivity contribution in [2.75, 3.05) is 20.3 Å². The van der Waals surface area contributed by atoms with Crippen molar-refractivity contribution < 1.29 is 48.7 Å². The highest BCUT2D eigenvalue weighted by Gasteiger charge is 2.37. The van der Waals surface area contributed by atoms with Gasteiger partial charge in [0.25, 0.3) is 5.91 Å². The van der Waals surface area contributed by atoms with Crippen molar-refractivity contribution in [3.05, 3.63) is 12.2 Å². The number of aldehydes is 1. The quantitative estimate of drug-likeness (QED) is 0.0910. The SMILES string of the molecule is CCCCCOC(=O)OC1CCC(NC(=O)C(OC)C(O)C(O)C(O)C=CC(C)(C)C=O)C(=O)NC1. The highest BCUT2D eigenvalue weighted by molar-refractivity contribution is 5.89. The number of hydrogen-bond donors (Lipinski definition) is 5. The molecule has 0 spiro atoms. The number of unbranched alkanes of at least 4 members (excludes halogenated alkanes) is 2.